The van der Waals surface area contributed by atoms with Crippen molar-refractivity contribution in [2.45, 2.75) is 19.5 Å². The standard InChI is InChI=1S/C24H20N2O3/c1-16-9-11-18(12-10-16)22(27)20-21(19-8-5-13-25-14-19)26(24(29)23(20)28)15-17-6-3-2-4-7-17/h2-14,21,27H,15H2,1H3/b22-20+. The Hall–Kier alpha value is -3.73. The first-order chi connectivity index (χ1) is 14.1. The number of hydrogen-bond donors (Lipinski definition) is 1. The lowest BCUT2D eigenvalue weighted by Gasteiger charge is -2.25. The number of pyridine rings is 1. The van der Waals surface area contributed by atoms with Gasteiger partial charge in [-0.3, -0.25) is 14.6 Å². The Kier molecular flexibility index (Phi) is 4.96. The summed E-state index contributed by atoms with van der Waals surface area (Å²) in [6.07, 6.45) is 3.25. The fourth-order valence-electron chi connectivity index (χ4n) is 3.57. The van der Waals surface area contributed by atoms with E-state index in [2.05, 4.69) is 4.98 Å². The molecule has 2 aromatic carbocycles. The van der Waals surface area contributed by atoms with Crippen molar-refractivity contribution in [1.82, 2.24) is 9.88 Å². The van der Waals surface area contributed by atoms with Gasteiger partial charge in [0.25, 0.3) is 11.7 Å². The molecule has 1 atom stereocenters. The van der Waals surface area contributed by atoms with Crippen LogP contribution in [-0.2, 0) is 16.1 Å². The van der Waals surface area contributed by atoms with Crippen LogP contribution in [0.3, 0.4) is 0 Å². The van der Waals surface area contributed by atoms with Gasteiger partial charge in [-0.15, -0.1) is 0 Å². The van der Waals surface area contributed by atoms with Crippen LogP contribution in [-0.4, -0.2) is 26.7 Å². The molecule has 1 aliphatic heterocycles. The smallest absolute Gasteiger partial charge is 0.295 e. The number of rotatable bonds is 4. The Morgan fingerprint density at radius 2 is 1.72 bits per heavy atom. The van der Waals surface area contributed by atoms with Crippen molar-refractivity contribution < 1.29 is 14.7 Å². The van der Waals surface area contributed by atoms with Crippen molar-refractivity contribution in [2.75, 3.05) is 0 Å². The van der Waals surface area contributed by atoms with Crippen molar-refractivity contribution in [3.8, 4) is 0 Å². The number of aliphatic hydroxyl groups excluding tert-OH is 1. The van der Waals surface area contributed by atoms with Crippen molar-refractivity contribution in [2.24, 2.45) is 0 Å². The number of nitrogens with zero attached hydrogens (tertiary/aromatic N) is 2. The third kappa shape index (κ3) is 3.55. The van der Waals surface area contributed by atoms with Crippen LogP contribution in [0.15, 0.2) is 84.7 Å². The fraction of sp³-hybridized carbons (Fsp3) is 0.125. The first-order valence-electron chi connectivity index (χ1n) is 9.35. The van der Waals surface area contributed by atoms with Crippen LogP contribution >= 0.6 is 0 Å². The van der Waals surface area contributed by atoms with Gasteiger partial charge in [-0.05, 0) is 24.1 Å². The van der Waals surface area contributed by atoms with Crippen LogP contribution in [0.5, 0.6) is 0 Å². The molecule has 0 spiro atoms. The molecule has 0 aliphatic carbocycles. The van der Waals surface area contributed by atoms with Gasteiger partial charge in [-0.25, -0.2) is 0 Å². The number of amides is 1. The van der Waals surface area contributed by atoms with Crippen LogP contribution in [0.4, 0.5) is 0 Å². The second-order valence-corrected chi connectivity index (χ2v) is 7.06. The van der Waals surface area contributed by atoms with Crippen molar-refractivity contribution >= 4 is 17.4 Å². The summed E-state index contributed by atoms with van der Waals surface area (Å²) in [6, 6.07) is 19.5. The van der Waals surface area contributed by atoms with E-state index in [1.54, 1.807) is 30.6 Å². The number of carbonyl (C=O) groups excluding carboxylic acids is 2. The normalized spacial score (nSPS) is 18.2. The molecular formula is C24H20N2O3. The van der Waals surface area contributed by atoms with Gasteiger partial charge in [0.1, 0.15) is 5.76 Å². The molecule has 29 heavy (non-hydrogen) atoms. The van der Waals surface area contributed by atoms with Crippen molar-refractivity contribution in [3.05, 3.63) is 107 Å². The Morgan fingerprint density at radius 1 is 1.00 bits per heavy atom. The van der Waals surface area contributed by atoms with E-state index in [0.717, 1.165) is 11.1 Å². The van der Waals surface area contributed by atoms with Gasteiger partial charge in [-0.2, -0.15) is 0 Å². The molecule has 1 N–H and O–H groups in total. The van der Waals surface area contributed by atoms with Crippen LogP contribution in [0.2, 0.25) is 0 Å². The second kappa shape index (κ2) is 7.72. The maximum atomic E-state index is 12.9. The molecule has 1 saturated heterocycles. The summed E-state index contributed by atoms with van der Waals surface area (Å²) in [6.45, 7) is 2.20. The molecule has 5 nitrogen and oxygen atoms in total. The molecule has 1 fully saturated rings. The summed E-state index contributed by atoms with van der Waals surface area (Å²) >= 11 is 0. The minimum Gasteiger partial charge on any atom is -0.507 e. The van der Waals surface area contributed by atoms with Gasteiger partial charge in [0.2, 0.25) is 0 Å². The maximum absolute atomic E-state index is 12.9. The number of likely N-dealkylation sites (tertiary alicyclic amines) is 1. The molecule has 1 aliphatic rings. The second-order valence-electron chi connectivity index (χ2n) is 7.06. The first kappa shape index (κ1) is 18.6. The topological polar surface area (TPSA) is 70.5 Å². The summed E-state index contributed by atoms with van der Waals surface area (Å²) in [5, 5.41) is 11.0. The highest BCUT2D eigenvalue weighted by molar-refractivity contribution is 6.46. The summed E-state index contributed by atoms with van der Waals surface area (Å²) in [5.41, 5.74) is 3.20. The van der Waals surface area contributed by atoms with E-state index < -0.39 is 17.7 Å². The summed E-state index contributed by atoms with van der Waals surface area (Å²) in [7, 11) is 0. The lowest BCUT2D eigenvalue weighted by Crippen LogP contribution is -2.29. The molecule has 3 aromatic rings. The molecule has 1 unspecified atom stereocenters. The van der Waals surface area contributed by atoms with E-state index in [1.165, 1.54) is 4.90 Å². The van der Waals surface area contributed by atoms with Gasteiger partial charge in [-0.1, -0.05) is 66.2 Å². The van der Waals surface area contributed by atoms with Gasteiger partial charge in [0.05, 0.1) is 11.6 Å². The van der Waals surface area contributed by atoms with E-state index >= 15 is 0 Å². The SMILES string of the molecule is Cc1ccc(/C(O)=C2\C(=O)C(=O)N(Cc3ccccc3)C2c2cccnc2)cc1. The molecule has 1 aromatic heterocycles. The predicted molar refractivity (Wildman–Crippen MR) is 110 cm³/mol. The van der Waals surface area contributed by atoms with Crippen LogP contribution in [0, 0.1) is 6.92 Å². The van der Waals surface area contributed by atoms with Crippen LogP contribution in [0.25, 0.3) is 5.76 Å². The minimum atomic E-state index is -0.704. The number of ketones is 1. The number of carbonyl (C=O) groups is 2. The molecule has 4 rings (SSSR count). The molecule has 0 bridgehead atoms. The Bertz CT molecular complexity index is 1070. The fourth-order valence-corrected chi connectivity index (χ4v) is 3.57. The van der Waals surface area contributed by atoms with Gasteiger partial charge < -0.3 is 10.0 Å². The number of aliphatic hydroxyl groups is 1. The number of Topliss-reactive ketones (excluding diaryl/α,β-unsaturated/α-hetero) is 1. The minimum absolute atomic E-state index is 0.0859. The summed E-state index contributed by atoms with van der Waals surface area (Å²) in [5.74, 6) is -1.49. The highest BCUT2D eigenvalue weighted by atomic mass is 16.3. The monoisotopic (exact) mass is 384 g/mol. The number of benzene rings is 2. The number of hydrogen-bond acceptors (Lipinski definition) is 4. The van der Waals surface area contributed by atoms with Crippen molar-refractivity contribution in [1.29, 1.82) is 0 Å². The number of aryl methyl sites for hydroxylation is 1. The lowest BCUT2D eigenvalue weighted by molar-refractivity contribution is -0.140. The van der Waals surface area contributed by atoms with Crippen LogP contribution < -0.4 is 0 Å². The van der Waals surface area contributed by atoms with E-state index in [0.29, 0.717) is 11.1 Å². The average Bonchev–Trinajstić information content (AvgIpc) is 3.00. The Morgan fingerprint density at radius 3 is 2.38 bits per heavy atom. The quantitative estimate of drug-likeness (QED) is 0.419. The van der Waals surface area contributed by atoms with Crippen LogP contribution in [0.1, 0.15) is 28.3 Å². The molecule has 144 valence electrons. The lowest BCUT2D eigenvalue weighted by atomic mass is 9.96. The number of aromatic nitrogens is 1. The largest absolute Gasteiger partial charge is 0.507 e. The van der Waals surface area contributed by atoms with Gasteiger partial charge in [0.15, 0.2) is 0 Å². The molecule has 2 heterocycles. The summed E-state index contributed by atoms with van der Waals surface area (Å²) < 4.78 is 0. The summed E-state index contributed by atoms with van der Waals surface area (Å²) in [4.78, 5) is 31.5. The highest BCUT2D eigenvalue weighted by Gasteiger charge is 2.46. The maximum Gasteiger partial charge on any atom is 0.295 e. The van der Waals surface area contributed by atoms with E-state index in [-0.39, 0.29) is 17.9 Å². The molecular weight excluding hydrogens is 364 g/mol. The zero-order valence-corrected chi connectivity index (χ0v) is 15.9. The van der Waals surface area contributed by atoms with Gasteiger partial charge >= 0.3 is 0 Å². The molecule has 0 radical (unpaired) electrons. The predicted octanol–water partition coefficient (Wildman–Crippen LogP) is 4.01. The third-order valence-electron chi connectivity index (χ3n) is 5.06. The highest BCUT2D eigenvalue weighted by Crippen LogP contribution is 2.39. The molecule has 5 heteroatoms. The average molecular weight is 384 g/mol. The Labute approximate surface area is 169 Å². The van der Waals surface area contributed by atoms with E-state index in [4.69, 9.17) is 0 Å². The molecule has 1 amide bonds. The first-order valence-corrected chi connectivity index (χ1v) is 9.35. The third-order valence-corrected chi connectivity index (χ3v) is 5.06. The van der Waals surface area contributed by atoms with E-state index in [1.807, 2.05) is 55.5 Å². The van der Waals surface area contributed by atoms with Gasteiger partial charge in [0, 0.05) is 24.5 Å². The zero-order valence-electron chi connectivity index (χ0n) is 15.9. The zero-order chi connectivity index (χ0) is 20.4. The van der Waals surface area contributed by atoms with Crippen molar-refractivity contribution in [3.63, 3.8) is 0 Å². The Balaban J connectivity index is 1.85. The molecule has 0 saturated carbocycles. The van der Waals surface area contributed by atoms with E-state index in [9.17, 15) is 14.7 Å².